The van der Waals surface area contributed by atoms with Crippen LogP contribution in [-0.2, 0) is 9.59 Å². The SMILES string of the molecule is Cc1nnc(N2CCN(C(=O)C3CCC(=O)N3)CC2)o1. The number of carbonyl (C=O) groups excluding carboxylic acids is 2. The van der Waals surface area contributed by atoms with Crippen LogP contribution in [0.1, 0.15) is 18.7 Å². The lowest BCUT2D eigenvalue weighted by Crippen LogP contribution is -2.53. The molecule has 8 heteroatoms. The molecule has 20 heavy (non-hydrogen) atoms. The Labute approximate surface area is 116 Å². The van der Waals surface area contributed by atoms with Crippen molar-refractivity contribution in [1.29, 1.82) is 0 Å². The summed E-state index contributed by atoms with van der Waals surface area (Å²) in [5.74, 6) is 0.507. The minimum atomic E-state index is -0.348. The molecule has 3 rings (SSSR count). The highest BCUT2D eigenvalue weighted by molar-refractivity contribution is 5.90. The van der Waals surface area contributed by atoms with Gasteiger partial charge in [-0.15, -0.1) is 5.10 Å². The second-order valence-electron chi connectivity index (χ2n) is 5.07. The van der Waals surface area contributed by atoms with Crippen LogP contribution in [0.2, 0.25) is 0 Å². The Morgan fingerprint density at radius 2 is 2.05 bits per heavy atom. The molecule has 8 nitrogen and oxygen atoms in total. The average Bonchev–Trinajstić information content (AvgIpc) is 3.07. The minimum absolute atomic E-state index is 0.0113. The molecule has 0 spiro atoms. The Kier molecular flexibility index (Phi) is 3.29. The van der Waals surface area contributed by atoms with Gasteiger partial charge in [0, 0.05) is 39.5 Å². The van der Waals surface area contributed by atoms with E-state index in [2.05, 4.69) is 15.5 Å². The number of amides is 2. The van der Waals surface area contributed by atoms with E-state index in [1.807, 2.05) is 4.90 Å². The van der Waals surface area contributed by atoms with Gasteiger partial charge in [-0.3, -0.25) is 9.59 Å². The van der Waals surface area contributed by atoms with Crippen LogP contribution in [-0.4, -0.2) is 59.1 Å². The van der Waals surface area contributed by atoms with E-state index in [4.69, 9.17) is 4.42 Å². The van der Waals surface area contributed by atoms with Crippen molar-refractivity contribution < 1.29 is 14.0 Å². The summed E-state index contributed by atoms with van der Waals surface area (Å²) >= 11 is 0. The summed E-state index contributed by atoms with van der Waals surface area (Å²) in [6, 6.07) is 0.156. The molecule has 2 aliphatic heterocycles. The van der Waals surface area contributed by atoms with Crippen molar-refractivity contribution in [3.05, 3.63) is 5.89 Å². The summed E-state index contributed by atoms with van der Waals surface area (Å²) in [5, 5.41) is 10.5. The Balaban J connectivity index is 1.55. The number of nitrogens with one attached hydrogen (secondary N) is 1. The highest BCUT2D eigenvalue weighted by Gasteiger charge is 2.32. The summed E-state index contributed by atoms with van der Waals surface area (Å²) in [5.41, 5.74) is 0. The van der Waals surface area contributed by atoms with Gasteiger partial charge < -0.3 is 19.5 Å². The van der Waals surface area contributed by atoms with E-state index in [-0.39, 0.29) is 17.9 Å². The predicted molar refractivity (Wildman–Crippen MR) is 69.0 cm³/mol. The van der Waals surface area contributed by atoms with Crippen molar-refractivity contribution >= 4 is 17.8 Å². The molecule has 1 N–H and O–H groups in total. The van der Waals surface area contributed by atoms with Gasteiger partial charge >= 0.3 is 6.01 Å². The molecule has 1 unspecified atom stereocenters. The molecule has 3 heterocycles. The standard InChI is InChI=1S/C12H17N5O3/c1-8-14-15-12(20-8)17-6-4-16(5-7-17)11(19)9-2-3-10(18)13-9/h9H,2-7H2,1H3,(H,13,18). The first-order valence-electron chi connectivity index (χ1n) is 6.76. The zero-order valence-electron chi connectivity index (χ0n) is 11.3. The topological polar surface area (TPSA) is 91.6 Å². The first-order valence-corrected chi connectivity index (χ1v) is 6.76. The number of carbonyl (C=O) groups is 2. The van der Waals surface area contributed by atoms with Crippen molar-refractivity contribution in [3.63, 3.8) is 0 Å². The number of nitrogens with zero attached hydrogens (tertiary/aromatic N) is 4. The van der Waals surface area contributed by atoms with Crippen molar-refractivity contribution in [1.82, 2.24) is 20.4 Å². The second kappa shape index (κ2) is 5.10. The molecule has 0 saturated carbocycles. The largest absolute Gasteiger partial charge is 0.408 e. The third kappa shape index (κ3) is 2.45. The molecule has 2 amide bonds. The van der Waals surface area contributed by atoms with Crippen LogP contribution in [0.15, 0.2) is 4.42 Å². The number of hydrogen-bond acceptors (Lipinski definition) is 6. The van der Waals surface area contributed by atoms with Gasteiger partial charge in [0.15, 0.2) is 0 Å². The Morgan fingerprint density at radius 1 is 1.30 bits per heavy atom. The van der Waals surface area contributed by atoms with Crippen LogP contribution in [0.4, 0.5) is 6.01 Å². The summed E-state index contributed by atoms with van der Waals surface area (Å²) in [6.07, 6.45) is 1.04. The number of aryl methyl sites for hydroxylation is 1. The van der Waals surface area contributed by atoms with Crippen LogP contribution in [0.25, 0.3) is 0 Å². The van der Waals surface area contributed by atoms with E-state index in [1.54, 1.807) is 11.8 Å². The minimum Gasteiger partial charge on any atom is -0.408 e. The molecule has 1 aromatic heterocycles. The third-order valence-electron chi connectivity index (χ3n) is 3.67. The molecular weight excluding hydrogens is 262 g/mol. The molecular formula is C12H17N5O3. The first kappa shape index (κ1) is 12.9. The van der Waals surface area contributed by atoms with Gasteiger partial charge in [-0.05, 0) is 6.42 Å². The fourth-order valence-corrected chi connectivity index (χ4v) is 2.55. The fourth-order valence-electron chi connectivity index (χ4n) is 2.55. The third-order valence-corrected chi connectivity index (χ3v) is 3.67. The van der Waals surface area contributed by atoms with Gasteiger partial charge in [-0.25, -0.2) is 0 Å². The molecule has 2 aliphatic rings. The molecule has 2 saturated heterocycles. The van der Waals surface area contributed by atoms with Gasteiger partial charge in [0.05, 0.1) is 0 Å². The number of anilines is 1. The van der Waals surface area contributed by atoms with E-state index in [0.717, 1.165) is 0 Å². The molecule has 1 aromatic rings. The van der Waals surface area contributed by atoms with Gasteiger partial charge in [-0.1, -0.05) is 5.10 Å². The summed E-state index contributed by atoms with van der Waals surface area (Å²) in [4.78, 5) is 27.2. The van der Waals surface area contributed by atoms with Crippen LogP contribution in [0.3, 0.4) is 0 Å². The number of hydrogen-bond donors (Lipinski definition) is 1. The molecule has 108 valence electrons. The van der Waals surface area contributed by atoms with Crippen molar-refractivity contribution in [2.75, 3.05) is 31.1 Å². The van der Waals surface area contributed by atoms with Crippen LogP contribution >= 0.6 is 0 Å². The summed E-state index contributed by atoms with van der Waals surface area (Å²) < 4.78 is 5.38. The predicted octanol–water partition coefficient (Wildman–Crippen LogP) is -0.695. The zero-order chi connectivity index (χ0) is 14.1. The van der Waals surface area contributed by atoms with Gasteiger partial charge in [-0.2, -0.15) is 0 Å². The van der Waals surface area contributed by atoms with Gasteiger partial charge in [0.1, 0.15) is 6.04 Å². The second-order valence-corrected chi connectivity index (χ2v) is 5.07. The number of piperazine rings is 1. The Morgan fingerprint density at radius 3 is 2.60 bits per heavy atom. The van der Waals surface area contributed by atoms with Crippen LogP contribution in [0, 0.1) is 6.92 Å². The fraction of sp³-hybridized carbons (Fsp3) is 0.667. The lowest BCUT2D eigenvalue weighted by Gasteiger charge is -2.34. The summed E-state index contributed by atoms with van der Waals surface area (Å²) in [6.45, 7) is 4.28. The monoisotopic (exact) mass is 279 g/mol. The lowest BCUT2D eigenvalue weighted by molar-refractivity contribution is -0.134. The van der Waals surface area contributed by atoms with E-state index in [0.29, 0.717) is 50.9 Å². The quantitative estimate of drug-likeness (QED) is 0.770. The maximum absolute atomic E-state index is 12.2. The van der Waals surface area contributed by atoms with Crippen LogP contribution < -0.4 is 10.2 Å². The van der Waals surface area contributed by atoms with Crippen molar-refractivity contribution in [2.45, 2.75) is 25.8 Å². The van der Waals surface area contributed by atoms with Gasteiger partial charge in [0.2, 0.25) is 17.7 Å². The van der Waals surface area contributed by atoms with E-state index >= 15 is 0 Å². The molecule has 0 bridgehead atoms. The average molecular weight is 279 g/mol. The van der Waals surface area contributed by atoms with E-state index < -0.39 is 0 Å². The highest BCUT2D eigenvalue weighted by Crippen LogP contribution is 2.16. The van der Waals surface area contributed by atoms with Gasteiger partial charge in [0.25, 0.3) is 0 Å². The van der Waals surface area contributed by atoms with E-state index in [9.17, 15) is 9.59 Å². The maximum atomic E-state index is 12.2. The highest BCUT2D eigenvalue weighted by atomic mass is 16.4. The van der Waals surface area contributed by atoms with Crippen molar-refractivity contribution in [3.8, 4) is 0 Å². The zero-order valence-corrected chi connectivity index (χ0v) is 11.3. The number of rotatable bonds is 2. The first-order chi connectivity index (χ1) is 9.63. The summed E-state index contributed by atoms with van der Waals surface area (Å²) in [7, 11) is 0. The van der Waals surface area contributed by atoms with Crippen molar-refractivity contribution in [2.24, 2.45) is 0 Å². The molecule has 2 fully saturated rings. The van der Waals surface area contributed by atoms with E-state index in [1.165, 1.54) is 0 Å². The Hall–Kier alpha value is -2.12. The normalized spacial score (nSPS) is 23.1. The smallest absolute Gasteiger partial charge is 0.318 e. The molecule has 0 aromatic carbocycles. The molecule has 0 radical (unpaired) electrons. The molecule has 0 aliphatic carbocycles. The number of aromatic nitrogens is 2. The molecule has 1 atom stereocenters. The Bertz CT molecular complexity index is 521. The lowest BCUT2D eigenvalue weighted by atomic mass is 10.2. The van der Waals surface area contributed by atoms with Crippen LogP contribution in [0.5, 0.6) is 0 Å². The maximum Gasteiger partial charge on any atom is 0.318 e.